The third kappa shape index (κ3) is 3.06. The van der Waals surface area contributed by atoms with Gasteiger partial charge in [-0.2, -0.15) is 0 Å². The maximum absolute atomic E-state index is 10.0. The number of aromatic hydroxyl groups is 1. The lowest BCUT2D eigenvalue weighted by atomic mass is 10.1. The van der Waals surface area contributed by atoms with Crippen molar-refractivity contribution in [2.45, 2.75) is 19.5 Å². The molecule has 1 atom stereocenters. The van der Waals surface area contributed by atoms with E-state index in [1.807, 2.05) is 24.3 Å². The van der Waals surface area contributed by atoms with Gasteiger partial charge in [-0.15, -0.1) is 0 Å². The quantitative estimate of drug-likeness (QED) is 0.906. The minimum absolute atomic E-state index is 0.145. The van der Waals surface area contributed by atoms with E-state index in [-0.39, 0.29) is 18.6 Å². The number of hydrogen-bond acceptors (Lipinski definition) is 4. The Kier molecular flexibility index (Phi) is 3.90. The predicted octanol–water partition coefficient (Wildman–Crippen LogP) is 3.63. The average molecular weight is 306 g/mol. The maximum Gasteiger partial charge on any atom is 0.231 e. The number of benzene rings is 2. The Morgan fingerprint density at radius 1 is 1.19 bits per heavy atom. The molecular formula is C16H16ClNO3. The zero-order valence-corrected chi connectivity index (χ0v) is 12.4. The summed E-state index contributed by atoms with van der Waals surface area (Å²) in [5.41, 5.74) is 1.92. The number of hydrogen-bond donors (Lipinski definition) is 2. The molecule has 0 aromatic heterocycles. The first kappa shape index (κ1) is 14.0. The van der Waals surface area contributed by atoms with E-state index in [4.69, 9.17) is 21.1 Å². The molecule has 2 aromatic rings. The molecule has 2 aromatic carbocycles. The monoisotopic (exact) mass is 305 g/mol. The summed E-state index contributed by atoms with van der Waals surface area (Å²) in [4.78, 5) is 0. The molecule has 2 N–H and O–H groups in total. The molecule has 0 saturated carbocycles. The van der Waals surface area contributed by atoms with Crippen LogP contribution in [0.25, 0.3) is 0 Å². The lowest BCUT2D eigenvalue weighted by molar-refractivity contribution is 0.174. The van der Waals surface area contributed by atoms with Gasteiger partial charge in [0.05, 0.1) is 0 Å². The fourth-order valence-electron chi connectivity index (χ4n) is 2.25. The molecule has 1 aliphatic heterocycles. The van der Waals surface area contributed by atoms with E-state index >= 15 is 0 Å². The molecule has 0 unspecified atom stereocenters. The molecule has 3 rings (SSSR count). The van der Waals surface area contributed by atoms with Gasteiger partial charge in [0, 0.05) is 29.2 Å². The van der Waals surface area contributed by atoms with Gasteiger partial charge in [-0.1, -0.05) is 23.7 Å². The van der Waals surface area contributed by atoms with Crippen molar-refractivity contribution in [3.8, 4) is 17.2 Å². The summed E-state index contributed by atoms with van der Waals surface area (Å²) in [6, 6.07) is 11.2. The van der Waals surface area contributed by atoms with Crippen LogP contribution in [-0.2, 0) is 6.54 Å². The van der Waals surface area contributed by atoms with E-state index in [9.17, 15) is 5.11 Å². The molecular weight excluding hydrogens is 290 g/mol. The van der Waals surface area contributed by atoms with Gasteiger partial charge in [0.1, 0.15) is 5.75 Å². The van der Waals surface area contributed by atoms with Gasteiger partial charge in [0.25, 0.3) is 0 Å². The van der Waals surface area contributed by atoms with Crippen molar-refractivity contribution < 1.29 is 14.6 Å². The molecule has 110 valence electrons. The third-order valence-electron chi connectivity index (χ3n) is 3.54. The summed E-state index contributed by atoms with van der Waals surface area (Å²) in [5, 5.41) is 14.1. The van der Waals surface area contributed by atoms with Crippen LogP contribution in [0.15, 0.2) is 36.4 Å². The lowest BCUT2D eigenvalue weighted by Gasteiger charge is -2.15. The Hall–Kier alpha value is -1.91. The fraction of sp³-hybridized carbons (Fsp3) is 0.250. The highest BCUT2D eigenvalue weighted by Gasteiger charge is 2.17. The highest BCUT2D eigenvalue weighted by molar-refractivity contribution is 6.30. The molecule has 1 heterocycles. The molecule has 21 heavy (non-hydrogen) atoms. The van der Waals surface area contributed by atoms with Crippen molar-refractivity contribution in [3.63, 3.8) is 0 Å². The second kappa shape index (κ2) is 5.84. The summed E-state index contributed by atoms with van der Waals surface area (Å²) in [6.07, 6.45) is 0. The molecule has 0 radical (unpaired) electrons. The topological polar surface area (TPSA) is 50.7 Å². The normalized spacial score (nSPS) is 14.2. The second-order valence-electron chi connectivity index (χ2n) is 4.99. The largest absolute Gasteiger partial charge is 0.507 e. The van der Waals surface area contributed by atoms with Gasteiger partial charge in [-0.05, 0) is 30.7 Å². The zero-order valence-electron chi connectivity index (χ0n) is 11.6. The molecule has 1 aliphatic rings. The Balaban J connectivity index is 1.68. The highest BCUT2D eigenvalue weighted by Crippen LogP contribution is 2.37. The Labute approximate surface area is 128 Å². The van der Waals surface area contributed by atoms with Gasteiger partial charge in [0.15, 0.2) is 11.5 Å². The number of ether oxygens (including phenoxy) is 2. The second-order valence-corrected chi connectivity index (χ2v) is 5.42. The van der Waals surface area contributed by atoms with E-state index in [2.05, 4.69) is 12.2 Å². The molecule has 0 saturated heterocycles. The van der Waals surface area contributed by atoms with Crippen LogP contribution in [0.5, 0.6) is 17.2 Å². The van der Waals surface area contributed by atoms with Gasteiger partial charge >= 0.3 is 0 Å². The molecule has 5 heteroatoms. The van der Waals surface area contributed by atoms with Crippen LogP contribution in [0.1, 0.15) is 24.1 Å². The number of rotatable bonds is 4. The van der Waals surface area contributed by atoms with Crippen molar-refractivity contribution in [2.75, 3.05) is 6.79 Å². The predicted molar refractivity (Wildman–Crippen MR) is 80.9 cm³/mol. The summed E-state index contributed by atoms with van der Waals surface area (Å²) in [6.45, 7) is 2.80. The summed E-state index contributed by atoms with van der Waals surface area (Å²) >= 11 is 5.89. The van der Waals surface area contributed by atoms with Crippen LogP contribution >= 0.6 is 11.6 Å². The van der Waals surface area contributed by atoms with Crippen LogP contribution in [0.2, 0.25) is 5.02 Å². The van der Waals surface area contributed by atoms with Crippen LogP contribution < -0.4 is 14.8 Å². The molecule has 0 spiro atoms. The Bertz CT molecular complexity index is 643. The lowest BCUT2D eigenvalue weighted by Crippen LogP contribution is -2.18. The Morgan fingerprint density at radius 3 is 2.57 bits per heavy atom. The first-order valence-corrected chi connectivity index (χ1v) is 7.11. The van der Waals surface area contributed by atoms with Crippen molar-refractivity contribution in [2.24, 2.45) is 0 Å². The molecule has 4 nitrogen and oxygen atoms in total. The number of nitrogens with one attached hydrogen (secondary N) is 1. The summed E-state index contributed by atoms with van der Waals surface area (Å²) < 4.78 is 10.5. The van der Waals surface area contributed by atoms with Crippen molar-refractivity contribution >= 4 is 11.6 Å². The molecule has 0 fully saturated rings. The van der Waals surface area contributed by atoms with Crippen molar-refractivity contribution in [3.05, 3.63) is 52.5 Å². The first-order chi connectivity index (χ1) is 10.1. The fourth-order valence-corrected chi connectivity index (χ4v) is 2.37. The SMILES string of the molecule is C[C@@H](NCc1cc2c(cc1O)OCO2)c1ccc(Cl)cc1. The molecule has 0 amide bonds. The number of halogens is 1. The van der Waals surface area contributed by atoms with Gasteiger partial charge in [-0.3, -0.25) is 0 Å². The standard InChI is InChI=1S/C16H16ClNO3/c1-10(11-2-4-13(17)5-3-11)18-8-12-6-15-16(7-14(12)19)21-9-20-15/h2-7,10,18-19H,8-9H2,1H3/t10-/m1/s1. The number of fused-ring (bicyclic) bond motifs is 1. The summed E-state index contributed by atoms with van der Waals surface area (Å²) in [5.74, 6) is 1.46. The molecule has 0 bridgehead atoms. The molecule has 0 aliphatic carbocycles. The minimum atomic E-state index is 0.145. The average Bonchev–Trinajstić information content (AvgIpc) is 2.92. The smallest absolute Gasteiger partial charge is 0.231 e. The van der Waals surface area contributed by atoms with E-state index in [1.165, 1.54) is 0 Å². The highest BCUT2D eigenvalue weighted by atomic mass is 35.5. The Morgan fingerprint density at radius 2 is 1.86 bits per heavy atom. The van der Waals surface area contributed by atoms with E-state index < -0.39 is 0 Å². The zero-order chi connectivity index (χ0) is 14.8. The van der Waals surface area contributed by atoms with Gasteiger partial charge in [0.2, 0.25) is 6.79 Å². The van der Waals surface area contributed by atoms with Crippen molar-refractivity contribution in [1.82, 2.24) is 5.32 Å². The van der Waals surface area contributed by atoms with Crippen LogP contribution in [0.4, 0.5) is 0 Å². The van der Waals surface area contributed by atoms with Gasteiger partial charge < -0.3 is 19.9 Å². The van der Waals surface area contributed by atoms with Gasteiger partial charge in [-0.25, -0.2) is 0 Å². The van der Waals surface area contributed by atoms with E-state index in [1.54, 1.807) is 12.1 Å². The summed E-state index contributed by atoms with van der Waals surface area (Å²) in [7, 11) is 0. The number of phenolic OH excluding ortho intramolecular Hbond substituents is 1. The van der Waals surface area contributed by atoms with Crippen LogP contribution in [-0.4, -0.2) is 11.9 Å². The first-order valence-electron chi connectivity index (χ1n) is 6.74. The van der Waals surface area contributed by atoms with E-state index in [0.29, 0.717) is 18.0 Å². The minimum Gasteiger partial charge on any atom is -0.507 e. The van der Waals surface area contributed by atoms with Crippen LogP contribution in [0, 0.1) is 0 Å². The van der Waals surface area contributed by atoms with E-state index in [0.717, 1.165) is 16.1 Å². The van der Waals surface area contributed by atoms with Crippen LogP contribution in [0.3, 0.4) is 0 Å². The number of phenols is 1. The third-order valence-corrected chi connectivity index (χ3v) is 3.79. The maximum atomic E-state index is 10.0. The van der Waals surface area contributed by atoms with Crippen molar-refractivity contribution in [1.29, 1.82) is 0 Å².